The van der Waals surface area contributed by atoms with Gasteiger partial charge in [-0.3, -0.25) is 9.48 Å². The van der Waals surface area contributed by atoms with Crippen LogP contribution in [-0.2, 0) is 11.8 Å². The topological polar surface area (TPSA) is 117 Å². The number of amides is 1. The summed E-state index contributed by atoms with van der Waals surface area (Å²) < 4.78 is 60.9. The molecule has 0 radical (unpaired) electrons. The Bertz CT molecular complexity index is 1260. The Morgan fingerprint density at radius 3 is 2.31 bits per heavy atom. The van der Waals surface area contributed by atoms with Gasteiger partial charge in [0.2, 0.25) is 0 Å². The molecule has 2 unspecified atom stereocenters. The zero-order valence-corrected chi connectivity index (χ0v) is 18.8. The number of hydrogen-bond acceptors (Lipinski definition) is 6. The summed E-state index contributed by atoms with van der Waals surface area (Å²) in [7, 11) is 1.53. The van der Waals surface area contributed by atoms with Crippen molar-refractivity contribution < 1.29 is 36.6 Å². The molecule has 5 heterocycles. The average Bonchev–Trinajstić information content (AvgIpc) is 3.46. The normalized spacial score (nSPS) is 19.4. The van der Waals surface area contributed by atoms with Crippen molar-refractivity contribution in [3.63, 3.8) is 0 Å². The van der Waals surface area contributed by atoms with E-state index in [0.29, 0.717) is 12.1 Å². The number of fused-ring (bicyclic) bond motifs is 3. The molecular formula is C21H22F5N7O3. The van der Waals surface area contributed by atoms with Gasteiger partial charge in [-0.15, -0.1) is 5.10 Å². The average molecular weight is 515 g/mol. The van der Waals surface area contributed by atoms with Gasteiger partial charge in [0.05, 0.1) is 11.2 Å². The van der Waals surface area contributed by atoms with E-state index in [1.54, 1.807) is 16.6 Å². The maximum atomic E-state index is 13.2. The first-order chi connectivity index (χ1) is 17.0. The van der Waals surface area contributed by atoms with E-state index in [0.717, 1.165) is 37.3 Å². The number of halogens is 5. The number of hydrogen-bond donors (Lipinski definition) is 3. The fraction of sp³-hybridized carbons (Fsp3) is 0.429. The second-order valence-corrected chi connectivity index (χ2v) is 8.36. The SMILES string of the molecule is Cn1cc(NC(=O)c2ccc3ccc(N4C5CCC4CNC5)nn23)c(C(F)F)n1.O=C(O)C(F)(F)F. The quantitative estimate of drug-likeness (QED) is 0.458. The van der Waals surface area contributed by atoms with E-state index in [4.69, 9.17) is 15.0 Å². The number of nitrogens with zero attached hydrogens (tertiary/aromatic N) is 5. The number of aryl methyl sites for hydroxylation is 1. The van der Waals surface area contributed by atoms with Crippen LogP contribution in [0.5, 0.6) is 0 Å². The molecule has 2 aliphatic rings. The molecule has 0 saturated carbocycles. The molecule has 1 amide bonds. The number of carbonyl (C=O) groups excluding carboxylic acids is 1. The molecular weight excluding hydrogens is 493 g/mol. The van der Waals surface area contributed by atoms with Gasteiger partial charge < -0.3 is 20.6 Å². The molecule has 3 aromatic rings. The third-order valence-corrected chi connectivity index (χ3v) is 5.92. The van der Waals surface area contributed by atoms with Crippen molar-refractivity contribution in [1.82, 2.24) is 24.7 Å². The zero-order valence-electron chi connectivity index (χ0n) is 18.8. The molecule has 0 spiro atoms. The van der Waals surface area contributed by atoms with Crippen LogP contribution in [0.4, 0.5) is 33.5 Å². The summed E-state index contributed by atoms with van der Waals surface area (Å²) in [5.74, 6) is -2.44. The molecule has 2 fully saturated rings. The van der Waals surface area contributed by atoms with Crippen molar-refractivity contribution in [3.8, 4) is 0 Å². The van der Waals surface area contributed by atoms with Crippen molar-refractivity contribution in [2.24, 2.45) is 7.05 Å². The van der Waals surface area contributed by atoms with Crippen molar-refractivity contribution in [3.05, 3.63) is 41.9 Å². The van der Waals surface area contributed by atoms with Crippen LogP contribution >= 0.6 is 0 Å². The molecule has 15 heteroatoms. The minimum atomic E-state index is -5.08. The molecule has 3 aromatic heterocycles. The van der Waals surface area contributed by atoms with Crippen LogP contribution in [0.3, 0.4) is 0 Å². The Labute approximate surface area is 200 Å². The van der Waals surface area contributed by atoms with Gasteiger partial charge in [0, 0.05) is 38.4 Å². The van der Waals surface area contributed by atoms with Crippen LogP contribution in [0.2, 0.25) is 0 Å². The summed E-state index contributed by atoms with van der Waals surface area (Å²) in [6.07, 6.45) is -4.25. The number of nitrogens with one attached hydrogen (secondary N) is 2. The first-order valence-electron chi connectivity index (χ1n) is 10.9. The van der Waals surface area contributed by atoms with Crippen molar-refractivity contribution in [2.45, 2.75) is 37.5 Å². The monoisotopic (exact) mass is 515 g/mol. The molecule has 2 aliphatic heterocycles. The largest absolute Gasteiger partial charge is 0.490 e. The van der Waals surface area contributed by atoms with Crippen LogP contribution in [0.25, 0.3) is 5.52 Å². The Kier molecular flexibility index (Phi) is 6.84. The summed E-state index contributed by atoms with van der Waals surface area (Å²) in [5, 5.41) is 21.5. The van der Waals surface area contributed by atoms with E-state index in [2.05, 4.69) is 20.6 Å². The smallest absolute Gasteiger partial charge is 0.475 e. The van der Waals surface area contributed by atoms with E-state index in [1.165, 1.54) is 17.9 Å². The highest BCUT2D eigenvalue weighted by molar-refractivity contribution is 6.04. The third kappa shape index (κ3) is 5.10. The number of aromatic nitrogens is 4. The van der Waals surface area contributed by atoms with Gasteiger partial charge in [0.25, 0.3) is 12.3 Å². The summed E-state index contributed by atoms with van der Waals surface area (Å²) in [6, 6.07) is 8.13. The van der Waals surface area contributed by atoms with Gasteiger partial charge in [0.15, 0.2) is 5.69 Å². The highest BCUT2D eigenvalue weighted by atomic mass is 19.4. The number of aliphatic carboxylic acids is 1. The summed E-state index contributed by atoms with van der Waals surface area (Å²) in [5.41, 5.74) is 0.599. The van der Waals surface area contributed by atoms with E-state index in [-0.39, 0.29) is 11.4 Å². The van der Waals surface area contributed by atoms with Crippen LogP contribution < -0.4 is 15.5 Å². The molecule has 194 valence electrons. The van der Waals surface area contributed by atoms with E-state index in [9.17, 15) is 26.7 Å². The van der Waals surface area contributed by atoms with Gasteiger partial charge in [-0.1, -0.05) is 0 Å². The number of anilines is 2. The highest BCUT2D eigenvalue weighted by Crippen LogP contribution is 2.31. The lowest BCUT2D eigenvalue weighted by atomic mass is 10.2. The van der Waals surface area contributed by atoms with Crippen LogP contribution in [0, 0.1) is 0 Å². The Balaban J connectivity index is 0.000000384. The fourth-order valence-electron chi connectivity index (χ4n) is 4.39. The number of piperazine rings is 1. The van der Waals surface area contributed by atoms with Gasteiger partial charge in [-0.05, 0) is 37.1 Å². The fourth-order valence-corrected chi connectivity index (χ4v) is 4.39. The Morgan fingerprint density at radius 2 is 1.72 bits per heavy atom. The number of carboxylic acid groups (broad SMARTS) is 1. The maximum Gasteiger partial charge on any atom is 0.490 e. The van der Waals surface area contributed by atoms with Crippen LogP contribution in [-0.4, -0.2) is 67.7 Å². The highest BCUT2D eigenvalue weighted by Gasteiger charge is 2.38. The first-order valence-corrected chi connectivity index (χ1v) is 10.9. The van der Waals surface area contributed by atoms with E-state index in [1.807, 2.05) is 12.1 Å². The lowest BCUT2D eigenvalue weighted by Gasteiger charge is -2.36. The predicted molar refractivity (Wildman–Crippen MR) is 117 cm³/mol. The number of carbonyl (C=O) groups is 2. The number of carboxylic acids is 1. The summed E-state index contributed by atoms with van der Waals surface area (Å²) >= 11 is 0. The first kappa shape index (κ1) is 25.3. The summed E-state index contributed by atoms with van der Waals surface area (Å²) in [6.45, 7) is 1.85. The second kappa shape index (κ2) is 9.72. The lowest BCUT2D eigenvalue weighted by Crippen LogP contribution is -2.52. The molecule has 3 N–H and O–H groups in total. The molecule has 2 saturated heterocycles. The van der Waals surface area contributed by atoms with E-state index >= 15 is 0 Å². The number of alkyl halides is 5. The van der Waals surface area contributed by atoms with Gasteiger partial charge in [-0.25, -0.2) is 18.1 Å². The molecule has 0 aliphatic carbocycles. The molecule has 2 bridgehead atoms. The lowest BCUT2D eigenvalue weighted by molar-refractivity contribution is -0.192. The van der Waals surface area contributed by atoms with Crippen molar-refractivity contribution >= 4 is 28.9 Å². The molecule has 36 heavy (non-hydrogen) atoms. The van der Waals surface area contributed by atoms with Crippen molar-refractivity contribution in [1.29, 1.82) is 0 Å². The molecule has 0 aromatic carbocycles. The summed E-state index contributed by atoms with van der Waals surface area (Å²) in [4.78, 5) is 24.0. The molecule has 2 atom stereocenters. The minimum Gasteiger partial charge on any atom is -0.475 e. The standard InChI is InChI=1S/C19H21F2N7O.C2HF3O2/c1-26-10-14(17(25-26)18(20)21)23-19(29)15-6-4-11-5-7-16(24-28(11)15)27-12-2-3-13(27)9-22-8-12;3-2(4,5)1(6)7/h4-7,10,12-13,18,22H,2-3,8-9H2,1H3,(H,23,29);(H,6,7). The van der Waals surface area contributed by atoms with Crippen LogP contribution in [0.1, 0.15) is 35.4 Å². The van der Waals surface area contributed by atoms with Crippen molar-refractivity contribution in [2.75, 3.05) is 23.3 Å². The minimum absolute atomic E-state index is 0.00115. The molecule has 10 nitrogen and oxygen atoms in total. The van der Waals surface area contributed by atoms with Crippen LogP contribution in [0.15, 0.2) is 30.5 Å². The number of rotatable bonds is 4. The Morgan fingerprint density at radius 1 is 1.11 bits per heavy atom. The second-order valence-electron chi connectivity index (χ2n) is 8.36. The maximum absolute atomic E-state index is 13.2. The zero-order chi connectivity index (χ0) is 26.2. The third-order valence-electron chi connectivity index (χ3n) is 5.92. The predicted octanol–water partition coefficient (Wildman–Crippen LogP) is 2.83. The Hall–Kier alpha value is -3.75. The van der Waals surface area contributed by atoms with E-state index < -0.39 is 30.2 Å². The van der Waals surface area contributed by atoms with Gasteiger partial charge in [0.1, 0.15) is 11.5 Å². The molecule has 5 rings (SSSR count). The van der Waals surface area contributed by atoms with Gasteiger partial charge >= 0.3 is 12.1 Å². The van der Waals surface area contributed by atoms with Gasteiger partial charge in [-0.2, -0.15) is 18.3 Å².